The van der Waals surface area contributed by atoms with E-state index in [4.69, 9.17) is 14.6 Å². The molecule has 0 fully saturated rings. The molecule has 14 nitrogen and oxygen atoms in total. The van der Waals surface area contributed by atoms with Gasteiger partial charge in [-0.3, -0.25) is 24.2 Å². The molecule has 1 aromatic carbocycles. The molecule has 42 heavy (non-hydrogen) atoms. The van der Waals surface area contributed by atoms with Crippen molar-refractivity contribution in [3.63, 3.8) is 0 Å². The fourth-order valence-electron chi connectivity index (χ4n) is 3.69. The second-order valence-corrected chi connectivity index (χ2v) is 8.96. The first-order valence-corrected chi connectivity index (χ1v) is 13.2. The van der Waals surface area contributed by atoms with Crippen molar-refractivity contribution in [2.75, 3.05) is 32.2 Å². The Labute approximate surface area is 243 Å². The minimum absolute atomic E-state index is 0.0329. The SMILES string of the molecule is CCCN(C(=O)OCOC(=O)CCC(=O)O)C(=O)c1ccc(C)c(NC(=NC=NC)c2[nH]cc(C(=O)NCC)c2C)c1. The Kier molecular flexibility index (Phi) is 12.9. The molecule has 0 saturated heterocycles. The number of amidine groups is 1. The second kappa shape index (κ2) is 16.3. The molecule has 3 amide bonds. The number of amides is 3. The smallest absolute Gasteiger partial charge is 0.419 e. The molecular weight excluding hydrogens is 548 g/mol. The van der Waals surface area contributed by atoms with Gasteiger partial charge in [0.15, 0.2) is 5.84 Å². The zero-order valence-electron chi connectivity index (χ0n) is 24.3. The fourth-order valence-corrected chi connectivity index (χ4v) is 3.69. The summed E-state index contributed by atoms with van der Waals surface area (Å²) >= 11 is 0. The van der Waals surface area contributed by atoms with E-state index in [1.807, 2.05) is 13.8 Å². The number of hydrogen-bond donors (Lipinski definition) is 4. The van der Waals surface area contributed by atoms with Crippen LogP contribution in [0.3, 0.4) is 0 Å². The van der Waals surface area contributed by atoms with Gasteiger partial charge in [-0.05, 0) is 50.5 Å². The van der Waals surface area contributed by atoms with E-state index in [9.17, 15) is 24.0 Å². The summed E-state index contributed by atoms with van der Waals surface area (Å²) in [7, 11) is 1.56. The normalized spacial score (nSPS) is 11.2. The van der Waals surface area contributed by atoms with Crippen molar-refractivity contribution in [1.29, 1.82) is 0 Å². The van der Waals surface area contributed by atoms with Crippen molar-refractivity contribution in [3.05, 3.63) is 52.3 Å². The van der Waals surface area contributed by atoms with Crippen LogP contribution in [-0.4, -0.2) is 83.9 Å². The Bertz CT molecular complexity index is 1360. The predicted octanol–water partition coefficient (Wildman–Crippen LogP) is 3.25. The zero-order valence-corrected chi connectivity index (χ0v) is 24.3. The van der Waals surface area contributed by atoms with Gasteiger partial charge in [-0.15, -0.1) is 0 Å². The van der Waals surface area contributed by atoms with Crippen molar-refractivity contribution in [2.24, 2.45) is 9.98 Å². The van der Waals surface area contributed by atoms with Gasteiger partial charge in [0.1, 0.15) is 6.34 Å². The van der Waals surface area contributed by atoms with Gasteiger partial charge in [-0.1, -0.05) is 13.0 Å². The Balaban J connectivity index is 2.27. The molecule has 0 unspecified atom stereocenters. The fraction of sp³-hybridized carbons (Fsp3) is 0.393. The number of aliphatic carboxylic acids is 1. The zero-order chi connectivity index (χ0) is 31.2. The molecule has 0 atom stereocenters. The average molecular weight is 585 g/mol. The number of rotatable bonds is 13. The number of aromatic amines is 1. The lowest BCUT2D eigenvalue weighted by molar-refractivity contribution is -0.154. The number of hydrogen-bond acceptors (Lipinski definition) is 8. The van der Waals surface area contributed by atoms with E-state index < -0.39 is 37.2 Å². The first-order valence-electron chi connectivity index (χ1n) is 13.2. The highest BCUT2D eigenvalue weighted by atomic mass is 16.7. The van der Waals surface area contributed by atoms with E-state index >= 15 is 0 Å². The van der Waals surface area contributed by atoms with E-state index in [0.29, 0.717) is 41.3 Å². The molecular formula is C28H36N6O8. The van der Waals surface area contributed by atoms with E-state index in [1.54, 1.807) is 45.3 Å². The topological polar surface area (TPSA) is 192 Å². The number of nitrogens with zero attached hydrogens (tertiary/aromatic N) is 3. The van der Waals surface area contributed by atoms with Crippen molar-refractivity contribution < 1.29 is 38.6 Å². The van der Waals surface area contributed by atoms with Crippen LogP contribution < -0.4 is 10.6 Å². The van der Waals surface area contributed by atoms with Crippen LogP contribution in [0.4, 0.5) is 10.5 Å². The standard InChI is InChI=1S/C28H36N6O8/c1-6-12-34(28(40)42-16-41-23(37)11-10-22(35)36)27(39)19-9-8-17(3)21(13-19)33-25(32-15-29-5)24-18(4)20(14-31-24)26(38)30-7-2/h8-9,13-15,31H,6-7,10-12,16H2,1-5H3,(H,30,38)(H,35,36)(H,29,32,33). The quantitative estimate of drug-likeness (QED) is 0.118. The maximum atomic E-state index is 13.4. The van der Waals surface area contributed by atoms with Crippen molar-refractivity contribution in [3.8, 4) is 0 Å². The number of esters is 1. The molecule has 2 aromatic rings. The molecule has 0 radical (unpaired) electrons. The number of carboxylic acid groups (broad SMARTS) is 1. The number of nitrogens with one attached hydrogen (secondary N) is 3. The number of aromatic nitrogens is 1. The Morgan fingerprint density at radius 1 is 1.10 bits per heavy atom. The number of carbonyl (C=O) groups is 5. The second-order valence-electron chi connectivity index (χ2n) is 8.96. The third kappa shape index (κ3) is 9.28. The number of ether oxygens (including phenoxy) is 2. The highest BCUT2D eigenvalue weighted by Crippen LogP contribution is 2.22. The van der Waals surface area contributed by atoms with Crippen LogP contribution in [0.5, 0.6) is 0 Å². The highest BCUT2D eigenvalue weighted by molar-refractivity contribution is 6.13. The van der Waals surface area contributed by atoms with Gasteiger partial charge in [0.2, 0.25) is 6.79 Å². The maximum absolute atomic E-state index is 13.4. The lowest BCUT2D eigenvalue weighted by atomic mass is 10.1. The maximum Gasteiger partial charge on any atom is 0.419 e. The molecule has 2 rings (SSSR count). The van der Waals surface area contributed by atoms with Crippen LogP contribution in [0.25, 0.3) is 0 Å². The molecule has 0 aliphatic rings. The predicted molar refractivity (Wildman–Crippen MR) is 155 cm³/mol. The van der Waals surface area contributed by atoms with Gasteiger partial charge in [-0.2, -0.15) is 0 Å². The molecule has 1 aromatic heterocycles. The van der Waals surface area contributed by atoms with Crippen LogP contribution >= 0.6 is 0 Å². The third-order valence-electron chi connectivity index (χ3n) is 5.86. The molecule has 0 aliphatic carbocycles. The first kappa shape index (κ1) is 33.2. The monoisotopic (exact) mass is 584 g/mol. The number of imide groups is 1. The van der Waals surface area contributed by atoms with Gasteiger partial charge in [0.05, 0.1) is 24.1 Å². The summed E-state index contributed by atoms with van der Waals surface area (Å²) in [6, 6.07) is 4.81. The lowest BCUT2D eigenvalue weighted by Gasteiger charge is -2.20. The number of benzene rings is 1. The number of anilines is 1. The summed E-state index contributed by atoms with van der Waals surface area (Å²) in [5.74, 6) is -2.56. The third-order valence-corrected chi connectivity index (χ3v) is 5.86. The van der Waals surface area contributed by atoms with E-state index in [0.717, 1.165) is 10.5 Å². The highest BCUT2D eigenvalue weighted by Gasteiger charge is 2.25. The molecule has 0 aliphatic heterocycles. The van der Waals surface area contributed by atoms with Crippen LogP contribution in [-0.2, 0) is 19.1 Å². The van der Waals surface area contributed by atoms with Gasteiger partial charge in [0, 0.05) is 37.6 Å². The molecule has 14 heteroatoms. The van der Waals surface area contributed by atoms with Crippen LogP contribution in [0.2, 0.25) is 0 Å². The molecule has 1 heterocycles. The van der Waals surface area contributed by atoms with Gasteiger partial charge < -0.3 is 30.2 Å². The lowest BCUT2D eigenvalue weighted by Crippen LogP contribution is -2.38. The Morgan fingerprint density at radius 2 is 1.83 bits per heavy atom. The molecule has 4 N–H and O–H groups in total. The average Bonchev–Trinajstić information content (AvgIpc) is 3.34. The number of H-pyrrole nitrogens is 1. The minimum atomic E-state index is -1.17. The summed E-state index contributed by atoms with van der Waals surface area (Å²) in [6.45, 7) is 6.94. The summed E-state index contributed by atoms with van der Waals surface area (Å²) in [4.78, 5) is 72.9. The van der Waals surface area contributed by atoms with Crippen LogP contribution in [0, 0.1) is 13.8 Å². The molecule has 0 bridgehead atoms. The number of carboxylic acids is 1. The van der Waals surface area contributed by atoms with E-state index in [2.05, 4.69) is 25.6 Å². The van der Waals surface area contributed by atoms with Gasteiger partial charge in [-0.25, -0.2) is 14.7 Å². The van der Waals surface area contributed by atoms with Crippen molar-refractivity contribution in [2.45, 2.75) is 47.0 Å². The van der Waals surface area contributed by atoms with E-state index in [-0.39, 0.29) is 24.4 Å². The van der Waals surface area contributed by atoms with Gasteiger partial charge in [0.25, 0.3) is 11.8 Å². The Hall–Kier alpha value is -5.01. The number of carbonyl (C=O) groups excluding carboxylic acids is 4. The molecule has 0 spiro atoms. The number of aryl methyl sites for hydroxylation is 1. The first-order chi connectivity index (χ1) is 20.0. The molecule has 226 valence electrons. The number of aliphatic imine (C=N–C) groups is 2. The summed E-state index contributed by atoms with van der Waals surface area (Å²) in [5.41, 5.74) is 3.09. The molecule has 0 saturated carbocycles. The van der Waals surface area contributed by atoms with Crippen LogP contribution in [0.1, 0.15) is 70.6 Å². The Morgan fingerprint density at radius 3 is 2.48 bits per heavy atom. The summed E-state index contributed by atoms with van der Waals surface area (Å²) in [5, 5.41) is 14.6. The van der Waals surface area contributed by atoms with Crippen molar-refractivity contribution in [1.82, 2.24) is 15.2 Å². The summed E-state index contributed by atoms with van der Waals surface area (Å²) < 4.78 is 9.66. The minimum Gasteiger partial charge on any atom is -0.481 e. The van der Waals surface area contributed by atoms with Crippen molar-refractivity contribution >= 4 is 47.7 Å². The van der Waals surface area contributed by atoms with Gasteiger partial charge >= 0.3 is 18.0 Å². The van der Waals surface area contributed by atoms with E-state index in [1.165, 1.54) is 6.34 Å². The largest absolute Gasteiger partial charge is 0.481 e. The van der Waals surface area contributed by atoms with Crippen LogP contribution in [0.15, 0.2) is 34.4 Å². The summed E-state index contributed by atoms with van der Waals surface area (Å²) in [6.07, 6.45) is 1.53.